The van der Waals surface area contributed by atoms with Gasteiger partial charge in [0.1, 0.15) is 0 Å². The Morgan fingerprint density at radius 3 is 2.12 bits per heavy atom. The van der Waals surface area contributed by atoms with Crippen molar-refractivity contribution < 1.29 is 23.6 Å². The zero-order valence-electron chi connectivity index (χ0n) is 10.1. The van der Waals surface area contributed by atoms with Crippen LogP contribution < -0.4 is 5.32 Å². The number of ether oxygens (including phenoxy) is 2. The lowest BCUT2D eigenvalue weighted by Crippen LogP contribution is -2.31. The molecule has 0 fully saturated rings. The molecule has 8 heteroatoms. The third-order valence-corrected chi connectivity index (χ3v) is 1.53. The van der Waals surface area contributed by atoms with Crippen molar-refractivity contribution in [3.63, 3.8) is 0 Å². The van der Waals surface area contributed by atoms with Crippen LogP contribution in [-0.4, -0.2) is 34.1 Å². The summed E-state index contributed by atoms with van der Waals surface area (Å²) in [4.78, 5) is 25.6. The fourth-order valence-electron chi connectivity index (χ4n) is 0.713. The normalized spacial score (nSPS) is 11.6. The van der Waals surface area contributed by atoms with Crippen LogP contribution in [0, 0.1) is 0 Å². The Morgan fingerprint density at radius 2 is 1.71 bits per heavy atom. The number of nitrogens with zero attached hydrogens (tertiary/aromatic N) is 1. The van der Waals surface area contributed by atoms with Gasteiger partial charge in [0.15, 0.2) is 0 Å². The van der Waals surface area contributed by atoms with Crippen LogP contribution in [-0.2, 0) is 9.47 Å². The smallest absolute Gasteiger partial charge is 0.436 e. The molecule has 0 bridgehead atoms. The molecule has 0 radical (unpaired) electrons. The molecule has 0 aromatic heterocycles. The van der Waals surface area contributed by atoms with Crippen molar-refractivity contribution in [3.8, 4) is 0 Å². The summed E-state index contributed by atoms with van der Waals surface area (Å²) in [5.74, 6) is 0. The first kappa shape index (κ1) is 15.7. The van der Waals surface area contributed by atoms with E-state index >= 15 is 0 Å². The van der Waals surface area contributed by atoms with Crippen molar-refractivity contribution in [2.45, 2.75) is 39.9 Å². The van der Waals surface area contributed by atoms with Crippen molar-refractivity contribution >= 4 is 29.4 Å². The molecule has 17 heavy (non-hydrogen) atoms. The highest BCUT2D eigenvalue weighted by Crippen LogP contribution is 2.00. The number of nitrogens with one attached hydrogen (secondary N) is 1. The number of aliphatic imine (C=N–C) groups is 1. The fourth-order valence-corrected chi connectivity index (χ4v) is 0.957. The summed E-state index contributed by atoms with van der Waals surface area (Å²) in [6.45, 7) is 6.63. The Hall–Kier alpha value is -1.28. The van der Waals surface area contributed by atoms with E-state index in [1.54, 1.807) is 27.7 Å². The molecule has 0 heterocycles. The number of hydrogen-bond donors (Lipinski definition) is 2. The largest absolute Gasteiger partial charge is 0.447 e. The van der Waals surface area contributed by atoms with E-state index < -0.39 is 12.2 Å². The number of hydrogen-bond acceptors (Lipinski definition) is 6. The summed E-state index contributed by atoms with van der Waals surface area (Å²) >= 11 is 0.118. The molecule has 2 amide bonds. The molecule has 0 atom stereocenters. The van der Waals surface area contributed by atoms with E-state index in [4.69, 9.17) is 14.0 Å². The van der Waals surface area contributed by atoms with Crippen LogP contribution in [0.4, 0.5) is 9.59 Å². The second-order valence-electron chi connectivity index (χ2n) is 3.52. The standard InChI is InChI=1S/C9H16N2O5S/c1-5(2)15-8(12)10-7(17-14)11-9(13)16-6(3)4/h5-6,14H,1-4H3,(H,10,11,12,13). The van der Waals surface area contributed by atoms with Gasteiger partial charge in [-0.15, -0.1) is 4.99 Å². The van der Waals surface area contributed by atoms with Crippen molar-refractivity contribution in [2.75, 3.05) is 0 Å². The van der Waals surface area contributed by atoms with Gasteiger partial charge in [0.25, 0.3) is 0 Å². The first-order valence-electron chi connectivity index (χ1n) is 4.93. The Labute approximate surface area is 104 Å². The number of amidine groups is 1. The summed E-state index contributed by atoms with van der Waals surface area (Å²) in [5, 5.41) is 1.80. The average Bonchev–Trinajstić information content (AvgIpc) is 2.13. The van der Waals surface area contributed by atoms with E-state index in [0.717, 1.165) is 0 Å². The zero-order chi connectivity index (χ0) is 13.4. The Kier molecular flexibility index (Phi) is 7.31. The molecule has 0 aromatic rings. The number of amides is 2. The molecular formula is C9H16N2O5S. The van der Waals surface area contributed by atoms with E-state index in [1.807, 2.05) is 0 Å². The van der Waals surface area contributed by atoms with Crippen LogP contribution >= 0.6 is 12.0 Å². The quantitative estimate of drug-likeness (QED) is 0.451. The van der Waals surface area contributed by atoms with E-state index in [1.165, 1.54) is 0 Å². The molecule has 0 aliphatic rings. The van der Waals surface area contributed by atoms with Gasteiger partial charge in [-0.05, 0) is 27.7 Å². The SMILES string of the molecule is CC(C)OC(=O)N=C(NC(=O)OC(C)C)SO. The molecule has 98 valence electrons. The van der Waals surface area contributed by atoms with Gasteiger partial charge >= 0.3 is 12.2 Å². The molecule has 2 N–H and O–H groups in total. The monoisotopic (exact) mass is 264 g/mol. The van der Waals surface area contributed by atoms with Crippen molar-refractivity contribution in [1.29, 1.82) is 0 Å². The van der Waals surface area contributed by atoms with Gasteiger partial charge in [-0.1, -0.05) is 0 Å². The topological polar surface area (TPSA) is 97.2 Å². The first-order valence-corrected chi connectivity index (χ1v) is 5.70. The summed E-state index contributed by atoms with van der Waals surface area (Å²) in [6.07, 6.45) is -2.36. The maximum absolute atomic E-state index is 11.1. The lowest BCUT2D eigenvalue weighted by atomic mass is 10.5. The fraction of sp³-hybridized carbons (Fsp3) is 0.667. The molecule has 0 saturated heterocycles. The van der Waals surface area contributed by atoms with Gasteiger partial charge in [0, 0.05) is 0 Å². The highest BCUT2D eigenvalue weighted by Gasteiger charge is 2.12. The third kappa shape index (κ3) is 8.52. The Morgan fingerprint density at radius 1 is 1.18 bits per heavy atom. The molecular weight excluding hydrogens is 248 g/mol. The van der Waals surface area contributed by atoms with E-state index in [9.17, 15) is 9.59 Å². The van der Waals surface area contributed by atoms with Gasteiger partial charge in [0.05, 0.1) is 24.3 Å². The highest BCUT2D eigenvalue weighted by atomic mass is 32.2. The number of alkyl carbamates (subject to hydrolysis) is 1. The summed E-state index contributed by atoms with van der Waals surface area (Å²) in [5.41, 5.74) is 0. The summed E-state index contributed by atoms with van der Waals surface area (Å²) < 4.78 is 18.2. The van der Waals surface area contributed by atoms with Crippen molar-refractivity contribution in [1.82, 2.24) is 5.32 Å². The second kappa shape index (κ2) is 7.91. The minimum atomic E-state index is -0.901. The molecule has 7 nitrogen and oxygen atoms in total. The highest BCUT2D eigenvalue weighted by molar-refractivity contribution is 8.09. The number of rotatable bonds is 2. The third-order valence-electron chi connectivity index (χ3n) is 1.17. The lowest BCUT2D eigenvalue weighted by Gasteiger charge is -2.09. The lowest BCUT2D eigenvalue weighted by molar-refractivity contribution is 0.120. The molecule has 0 unspecified atom stereocenters. The van der Waals surface area contributed by atoms with Crippen LogP contribution in [0.3, 0.4) is 0 Å². The van der Waals surface area contributed by atoms with Crippen LogP contribution in [0.15, 0.2) is 4.99 Å². The van der Waals surface area contributed by atoms with E-state index in [2.05, 4.69) is 10.3 Å². The van der Waals surface area contributed by atoms with Gasteiger partial charge in [-0.2, -0.15) is 0 Å². The molecule has 0 spiro atoms. The maximum atomic E-state index is 11.1. The first-order chi connectivity index (χ1) is 7.85. The predicted octanol–water partition coefficient (Wildman–Crippen LogP) is 2.23. The van der Waals surface area contributed by atoms with Crippen LogP contribution in [0.5, 0.6) is 0 Å². The predicted molar refractivity (Wildman–Crippen MR) is 64.0 cm³/mol. The van der Waals surface area contributed by atoms with E-state index in [-0.39, 0.29) is 29.4 Å². The van der Waals surface area contributed by atoms with Gasteiger partial charge in [-0.3, -0.25) is 5.32 Å². The average molecular weight is 264 g/mol. The number of carbonyl (C=O) groups is 2. The van der Waals surface area contributed by atoms with E-state index in [0.29, 0.717) is 0 Å². The summed E-state index contributed by atoms with van der Waals surface area (Å²) in [7, 11) is 0. The van der Waals surface area contributed by atoms with Crippen LogP contribution in [0.1, 0.15) is 27.7 Å². The van der Waals surface area contributed by atoms with Crippen molar-refractivity contribution in [2.24, 2.45) is 4.99 Å². The van der Waals surface area contributed by atoms with Crippen LogP contribution in [0.2, 0.25) is 0 Å². The minimum Gasteiger partial charge on any atom is -0.447 e. The number of carbonyl (C=O) groups excluding carboxylic acids is 2. The van der Waals surface area contributed by atoms with Gasteiger partial charge in [-0.25, -0.2) is 9.59 Å². The Balaban J connectivity index is 4.36. The summed E-state index contributed by atoms with van der Waals surface area (Å²) in [6, 6.07) is 0. The second-order valence-corrected chi connectivity index (χ2v) is 4.09. The maximum Gasteiger partial charge on any atom is 0.436 e. The minimum absolute atomic E-state index is 0.118. The van der Waals surface area contributed by atoms with Crippen LogP contribution in [0.25, 0.3) is 0 Å². The van der Waals surface area contributed by atoms with Gasteiger partial charge in [0.2, 0.25) is 5.17 Å². The molecule has 0 aliphatic heterocycles. The van der Waals surface area contributed by atoms with Gasteiger partial charge < -0.3 is 14.0 Å². The molecule has 0 saturated carbocycles. The molecule has 0 rings (SSSR count). The zero-order valence-corrected chi connectivity index (χ0v) is 10.9. The molecule has 0 aromatic carbocycles. The molecule has 0 aliphatic carbocycles. The Bertz CT molecular complexity index is 304. The van der Waals surface area contributed by atoms with Crippen molar-refractivity contribution in [3.05, 3.63) is 0 Å².